The summed E-state index contributed by atoms with van der Waals surface area (Å²) in [5, 5.41) is 9.47. The molecule has 1 aromatic heterocycles. The van der Waals surface area contributed by atoms with Crippen molar-refractivity contribution in [1.29, 1.82) is 0 Å². The van der Waals surface area contributed by atoms with Crippen molar-refractivity contribution in [2.75, 3.05) is 11.4 Å². The van der Waals surface area contributed by atoms with Crippen molar-refractivity contribution in [3.63, 3.8) is 0 Å². The molecule has 0 bridgehead atoms. The third-order valence-corrected chi connectivity index (χ3v) is 5.90. The fraction of sp³-hybridized carbons (Fsp3) is 0.292. The Kier molecular flexibility index (Phi) is 6.53. The number of alkyl halides is 3. The summed E-state index contributed by atoms with van der Waals surface area (Å²) in [6.07, 6.45) is -4.52. The molecular formula is C24H22F3N3O5. The van der Waals surface area contributed by atoms with Gasteiger partial charge in [-0.1, -0.05) is 24.3 Å². The van der Waals surface area contributed by atoms with E-state index in [2.05, 4.69) is 4.98 Å². The standard InChI is InChI=1S/C24H22F3N3O5/c25-24(26,27)18-6-2-1-5-16(18)20-10-13-8-9-14(11-17(13)21(31)29-20)30-12-15(35-23(30)34)4-3-7-19(28)22(32)33/h1-2,5-6,8-11,15,19H,3-4,7,12,28H2,(H,29,31)(H,32,33)/t15?,19-/m0/s1. The molecule has 11 heteroatoms. The summed E-state index contributed by atoms with van der Waals surface area (Å²) < 4.78 is 45.6. The van der Waals surface area contributed by atoms with Gasteiger partial charge in [-0.05, 0) is 48.9 Å². The lowest BCUT2D eigenvalue weighted by molar-refractivity contribution is -0.139. The Morgan fingerprint density at radius 3 is 2.66 bits per heavy atom. The normalized spacial score (nSPS) is 17.0. The summed E-state index contributed by atoms with van der Waals surface area (Å²) in [5.74, 6) is -1.10. The largest absolute Gasteiger partial charge is 0.480 e. The SMILES string of the molecule is N[C@@H](CCCC1CN(c2ccc3cc(-c4ccccc4C(F)(F)F)[nH]c(=O)c3c2)C(=O)O1)C(=O)O. The van der Waals surface area contributed by atoms with Crippen LogP contribution >= 0.6 is 0 Å². The number of benzene rings is 2. The van der Waals surface area contributed by atoms with Crippen LogP contribution in [-0.4, -0.2) is 40.8 Å². The average molecular weight is 489 g/mol. The van der Waals surface area contributed by atoms with Gasteiger partial charge >= 0.3 is 18.2 Å². The molecule has 0 aliphatic carbocycles. The van der Waals surface area contributed by atoms with Crippen LogP contribution in [0.5, 0.6) is 0 Å². The van der Waals surface area contributed by atoms with E-state index in [9.17, 15) is 27.6 Å². The zero-order valence-corrected chi connectivity index (χ0v) is 18.3. The van der Waals surface area contributed by atoms with E-state index in [1.54, 1.807) is 12.1 Å². The molecule has 1 unspecified atom stereocenters. The summed E-state index contributed by atoms with van der Waals surface area (Å²) >= 11 is 0. The number of anilines is 1. The molecule has 0 saturated carbocycles. The Labute approximate surface area is 197 Å². The maximum atomic E-state index is 13.4. The fourth-order valence-electron chi connectivity index (χ4n) is 4.10. The van der Waals surface area contributed by atoms with Gasteiger partial charge in [-0.2, -0.15) is 13.2 Å². The molecule has 1 aliphatic heterocycles. The van der Waals surface area contributed by atoms with Crippen molar-refractivity contribution < 1.29 is 32.6 Å². The molecule has 184 valence electrons. The predicted molar refractivity (Wildman–Crippen MR) is 122 cm³/mol. The van der Waals surface area contributed by atoms with Crippen LogP contribution in [-0.2, 0) is 15.7 Å². The van der Waals surface area contributed by atoms with E-state index < -0.39 is 41.5 Å². The lowest BCUT2D eigenvalue weighted by atomic mass is 10.0. The van der Waals surface area contributed by atoms with Crippen molar-refractivity contribution in [1.82, 2.24) is 4.98 Å². The van der Waals surface area contributed by atoms with Crippen molar-refractivity contribution >= 4 is 28.5 Å². The van der Waals surface area contributed by atoms with Gasteiger partial charge in [-0.3, -0.25) is 14.5 Å². The number of rotatable bonds is 7. The monoisotopic (exact) mass is 489 g/mol. The number of carboxylic acids is 1. The first kappa shape index (κ1) is 24.3. The number of carbonyl (C=O) groups excluding carboxylic acids is 1. The molecule has 4 rings (SSSR count). The highest BCUT2D eigenvalue weighted by Gasteiger charge is 2.34. The molecule has 0 radical (unpaired) electrons. The lowest BCUT2D eigenvalue weighted by Crippen LogP contribution is -2.30. The number of fused-ring (bicyclic) bond motifs is 1. The van der Waals surface area contributed by atoms with Gasteiger partial charge in [-0.25, -0.2) is 4.79 Å². The van der Waals surface area contributed by atoms with Gasteiger partial charge in [0.05, 0.1) is 12.1 Å². The topological polar surface area (TPSA) is 126 Å². The average Bonchev–Trinajstić information content (AvgIpc) is 3.18. The minimum absolute atomic E-state index is 0.0309. The van der Waals surface area contributed by atoms with Gasteiger partial charge in [0.2, 0.25) is 0 Å². The van der Waals surface area contributed by atoms with E-state index in [4.69, 9.17) is 15.6 Å². The number of amides is 1. The Balaban J connectivity index is 1.57. The van der Waals surface area contributed by atoms with Crippen LogP contribution in [0.2, 0.25) is 0 Å². The number of nitrogens with two attached hydrogens (primary N) is 1. The van der Waals surface area contributed by atoms with E-state index in [-0.39, 0.29) is 29.6 Å². The van der Waals surface area contributed by atoms with Gasteiger partial charge in [0, 0.05) is 22.3 Å². The van der Waals surface area contributed by atoms with Crippen molar-refractivity contribution in [3.05, 3.63) is 64.4 Å². The number of nitrogens with one attached hydrogen (secondary N) is 1. The Bertz CT molecular complexity index is 1340. The third kappa shape index (κ3) is 5.14. The molecule has 4 N–H and O–H groups in total. The quantitative estimate of drug-likeness (QED) is 0.458. The number of pyridine rings is 1. The number of aromatic nitrogens is 1. The van der Waals surface area contributed by atoms with Crippen molar-refractivity contribution in [3.8, 4) is 11.3 Å². The van der Waals surface area contributed by atoms with Gasteiger partial charge in [-0.15, -0.1) is 0 Å². The Hall–Kier alpha value is -3.86. The maximum absolute atomic E-state index is 13.4. The number of hydrogen-bond acceptors (Lipinski definition) is 5. The smallest absolute Gasteiger partial charge is 0.417 e. The molecule has 0 spiro atoms. The third-order valence-electron chi connectivity index (χ3n) is 5.90. The van der Waals surface area contributed by atoms with Crippen LogP contribution in [0.3, 0.4) is 0 Å². The highest BCUT2D eigenvalue weighted by Crippen LogP contribution is 2.36. The van der Waals surface area contributed by atoms with Crippen LogP contribution in [0.15, 0.2) is 53.3 Å². The number of cyclic esters (lactones) is 1. The zero-order chi connectivity index (χ0) is 25.3. The molecule has 1 saturated heterocycles. The molecule has 2 heterocycles. The zero-order valence-electron chi connectivity index (χ0n) is 18.3. The maximum Gasteiger partial charge on any atom is 0.417 e. The number of aromatic amines is 1. The second-order valence-electron chi connectivity index (χ2n) is 8.32. The first-order chi connectivity index (χ1) is 16.5. The Morgan fingerprint density at radius 1 is 1.20 bits per heavy atom. The predicted octanol–water partition coefficient (Wildman–Crippen LogP) is 4.12. The van der Waals surface area contributed by atoms with Crippen LogP contribution < -0.4 is 16.2 Å². The van der Waals surface area contributed by atoms with Crippen LogP contribution in [0.25, 0.3) is 22.0 Å². The van der Waals surface area contributed by atoms with E-state index in [0.717, 1.165) is 6.07 Å². The first-order valence-electron chi connectivity index (χ1n) is 10.8. The molecule has 2 atom stereocenters. The molecular weight excluding hydrogens is 467 g/mol. The van der Waals surface area contributed by atoms with Gasteiger partial charge in [0.1, 0.15) is 12.1 Å². The second-order valence-corrected chi connectivity index (χ2v) is 8.32. The van der Waals surface area contributed by atoms with Crippen molar-refractivity contribution in [2.24, 2.45) is 5.73 Å². The Morgan fingerprint density at radius 2 is 1.94 bits per heavy atom. The number of halogens is 3. The summed E-state index contributed by atoms with van der Waals surface area (Å²) in [6, 6.07) is 10.1. The minimum atomic E-state index is -4.59. The number of H-pyrrole nitrogens is 1. The van der Waals surface area contributed by atoms with Crippen LogP contribution in [0, 0.1) is 0 Å². The van der Waals surface area contributed by atoms with E-state index in [1.807, 2.05) is 0 Å². The molecule has 1 aliphatic rings. The summed E-state index contributed by atoms with van der Waals surface area (Å²) in [4.78, 5) is 39.8. The molecule has 3 aromatic rings. The minimum Gasteiger partial charge on any atom is -0.480 e. The highest BCUT2D eigenvalue weighted by molar-refractivity contribution is 5.94. The lowest BCUT2D eigenvalue weighted by Gasteiger charge is -2.15. The number of nitrogens with zero attached hydrogens (tertiary/aromatic N) is 1. The van der Waals surface area contributed by atoms with Gasteiger partial charge in [0.25, 0.3) is 5.56 Å². The van der Waals surface area contributed by atoms with E-state index >= 15 is 0 Å². The molecule has 2 aromatic carbocycles. The van der Waals surface area contributed by atoms with Gasteiger partial charge in [0.15, 0.2) is 0 Å². The molecule has 35 heavy (non-hydrogen) atoms. The van der Waals surface area contributed by atoms with Crippen molar-refractivity contribution in [2.45, 2.75) is 37.6 Å². The van der Waals surface area contributed by atoms with Crippen LogP contribution in [0.4, 0.5) is 23.7 Å². The molecule has 8 nitrogen and oxygen atoms in total. The number of aliphatic carboxylic acids is 1. The van der Waals surface area contributed by atoms with Crippen LogP contribution in [0.1, 0.15) is 24.8 Å². The number of hydrogen-bond donors (Lipinski definition) is 3. The second kappa shape index (κ2) is 9.41. The van der Waals surface area contributed by atoms with E-state index in [0.29, 0.717) is 23.9 Å². The number of carboxylic acid groups (broad SMARTS) is 1. The fourth-order valence-corrected chi connectivity index (χ4v) is 4.10. The number of carbonyl (C=O) groups is 2. The van der Waals surface area contributed by atoms with E-state index in [1.165, 1.54) is 35.2 Å². The number of ether oxygens (including phenoxy) is 1. The van der Waals surface area contributed by atoms with Gasteiger partial charge < -0.3 is 20.6 Å². The summed E-state index contributed by atoms with van der Waals surface area (Å²) in [7, 11) is 0. The molecule has 1 fully saturated rings. The highest BCUT2D eigenvalue weighted by atomic mass is 19.4. The first-order valence-corrected chi connectivity index (χ1v) is 10.8. The summed E-state index contributed by atoms with van der Waals surface area (Å²) in [5.41, 5.74) is 4.32. The summed E-state index contributed by atoms with van der Waals surface area (Å²) in [6.45, 7) is 0.210. The molecule has 1 amide bonds.